The molecule has 1 rings (SSSR count). The van der Waals surface area contributed by atoms with E-state index in [0.717, 1.165) is 0 Å². The molecule has 1 nitrogen and oxygen atoms in total. The average Bonchev–Trinajstić information content (AvgIpc) is 2.07. The second-order valence-electron chi connectivity index (χ2n) is 2.57. The molecule has 0 saturated carbocycles. The van der Waals surface area contributed by atoms with Gasteiger partial charge in [-0.3, -0.25) is 0 Å². The molecule has 72 valence electrons. The van der Waals surface area contributed by atoms with Crippen molar-refractivity contribution in [3.05, 3.63) is 34.1 Å². The lowest BCUT2D eigenvalue weighted by Gasteiger charge is -2.08. The van der Waals surface area contributed by atoms with E-state index < -0.39 is 28.6 Å². The normalized spacial score (nSPS) is 13.1. The van der Waals surface area contributed by atoms with Crippen LogP contribution < -0.4 is 0 Å². The summed E-state index contributed by atoms with van der Waals surface area (Å²) in [5, 5.41) is 8.02. The van der Waals surface area contributed by atoms with Crippen LogP contribution in [0.3, 0.4) is 0 Å². The van der Waals surface area contributed by atoms with Crippen LogP contribution in [0.2, 0.25) is 5.02 Å². The second-order valence-corrected chi connectivity index (χ2v) is 2.94. The van der Waals surface area contributed by atoms with Gasteiger partial charge < -0.3 is 5.11 Å². The van der Waals surface area contributed by atoms with Gasteiger partial charge in [-0.15, -0.1) is 0 Å². The number of rotatable bonds is 1. The third-order valence-corrected chi connectivity index (χ3v) is 1.91. The summed E-state index contributed by atoms with van der Waals surface area (Å²) >= 11 is 5.13. The van der Waals surface area contributed by atoms with Gasteiger partial charge in [0.05, 0.1) is 6.10 Å². The van der Waals surface area contributed by atoms with E-state index in [1.54, 1.807) is 0 Å². The highest BCUT2D eigenvalue weighted by Gasteiger charge is 2.19. The Morgan fingerprint density at radius 3 is 2.31 bits per heavy atom. The van der Waals surface area contributed by atoms with Crippen LogP contribution in [0.5, 0.6) is 0 Å². The number of hydrogen-bond acceptors (Lipinski definition) is 1. The fraction of sp³-hybridized carbons (Fsp3) is 0.250. The molecular formula is C8H6ClF3O. The van der Waals surface area contributed by atoms with Crippen LogP contribution >= 0.6 is 11.6 Å². The van der Waals surface area contributed by atoms with E-state index in [0.29, 0.717) is 6.07 Å². The molecule has 1 atom stereocenters. The number of aliphatic hydroxyl groups excluding tert-OH is 1. The molecule has 0 bridgehead atoms. The number of benzene rings is 1. The molecule has 1 aromatic carbocycles. The molecule has 1 N–H and O–H groups in total. The molecule has 1 aromatic rings. The summed E-state index contributed by atoms with van der Waals surface area (Å²) in [4.78, 5) is 0. The lowest BCUT2D eigenvalue weighted by atomic mass is 10.1. The molecule has 0 radical (unpaired) electrons. The van der Waals surface area contributed by atoms with E-state index >= 15 is 0 Å². The third-order valence-electron chi connectivity index (χ3n) is 1.58. The van der Waals surface area contributed by atoms with Crippen LogP contribution in [-0.2, 0) is 0 Å². The van der Waals surface area contributed by atoms with Crippen LogP contribution in [0.4, 0.5) is 13.2 Å². The Balaban J connectivity index is 3.41. The van der Waals surface area contributed by atoms with Gasteiger partial charge in [-0.2, -0.15) is 0 Å². The van der Waals surface area contributed by atoms with Crippen molar-refractivity contribution in [3.63, 3.8) is 0 Å². The molecule has 0 spiro atoms. The van der Waals surface area contributed by atoms with Crippen molar-refractivity contribution in [1.82, 2.24) is 0 Å². The van der Waals surface area contributed by atoms with Gasteiger partial charge in [0.1, 0.15) is 5.02 Å². The van der Waals surface area contributed by atoms with Crippen LogP contribution in [0.15, 0.2) is 6.07 Å². The van der Waals surface area contributed by atoms with Gasteiger partial charge in [-0.1, -0.05) is 11.6 Å². The summed E-state index contributed by atoms with van der Waals surface area (Å²) in [6.45, 7) is 1.23. The zero-order valence-corrected chi connectivity index (χ0v) is 7.37. The van der Waals surface area contributed by atoms with E-state index in [9.17, 15) is 13.2 Å². The molecule has 5 heteroatoms. The Morgan fingerprint density at radius 2 is 1.85 bits per heavy atom. The fourth-order valence-electron chi connectivity index (χ4n) is 0.895. The lowest BCUT2D eigenvalue weighted by Crippen LogP contribution is -2.01. The Hall–Kier alpha value is -0.740. The maximum atomic E-state index is 13.0. The van der Waals surface area contributed by atoms with Gasteiger partial charge in [0.25, 0.3) is 0 Å². The smallest absolute Gasteiger partial charge is 0.180 e. The summed E-state index contributed by atoms with van der Waals surface area (Å²) in [5.41, 5.74) is -0.357. The van der Waals surface area contributed by atoms with Crippen molar-refractivity contribution < 1.29 is 18.3 Å². The minimum Gasteiger partial charge on any atom is -0.389 e. The zero-order chi connectivity index (χ0) is 10.2. The van der Waals surface area contributed by atoms with Gasteiger partial charge in [0, 0.05) is 5.56 Å². The molecule has 0 aliphatic carbocycles. The highest BCUT2D eigenvalue weighted by atomic mass is 35.5. The fourth-order valence-corrected chi connectivity index (χ4v) is 1.09. The highest BCUT2D eigenvalue weighted by Crippen LogP contribution is 2.27. The van der Waals surface area contributed by atoms with Gasteiger partial charge in [0.2, 0.25) is 0 Å². The Kier molecular flexibility index (Phi) is 2.83. The van der Waals surface area contributed by atoms with Crippen molar-refractivity contribution in [3.8, 4) is 0 Å². The van der Waals surface area contributed by atoms with E-state index in [2.05, 4.69) is 0 Å². The number of aliphatic hydroxyl groups is 1. The molecular weight excluding hydrogens is 205 g/mol. The van der Waals surface area contributed by atoms with E-state index in [4.69, 9.17) is 16.7 Å². The monoisotopic (exact) mass is 210 g/mol. The SMILES string of the molecule is CC(O)c1cc(F)c(F)c(Cl)c1F. The lowest BCUT2D eigenvalue weighted by molar-refractivity contribution is 0.193. The van der Waals surface area contributed by atoms with Crippen molar-refractivity contribution >= 4 is 11.6 Å². The molecule has 0 aromatic heterocycles. The quantitative estimate of drug-likeness (QED) is 0.558. The van der Waals surface area contributed by atoms with Gasteiger partial charge in [-0.25, -0.2) is 13.2 Å². The van der Waals surface area contributed by atoms with Crippen molar-refractivity contribution in [2.24, 2.45) is 0 Å². The van der Waals surface area contributed by atoms with Crippen LogP contribution in [0.25, 0.3) is 0 Å². The Labute approximate surface area is 77.8 Å². The standard InChI is InChI=1S/C8H6ClF3O/c1-3(13)4-2-5(10)8(12)6(9)7(4)11/h2-3,13H,1H3. The number of hydrogen-bond donors (Lipinski definition) is 1. The first kappa shape index (κ1) is 10.3. The van der Waals surface area contributed by atoms with E-state index in [1.165, 1.54) is 6.92 Å². The van der Waals surface area contributed by atoms with Crippen LogP contribution in [0.1, 0.15) is 18.6 Å². The number of halogens is 4. The molecule has 0 aliphatic rings. The van der Waals surface area contributed by atoms with E-state index in [-0.39, 0.29) is 5.56 Å². The molecule has 0 amide bonds. The summed E-state index contributed by atoms with van der Waals surface area (Å²) in [6.07, 6.45) is -1.23. The molecule has 1 unspecified atom stereocenters. The molecule has 0 aliphatic heterocycles. The highest BCUT2D eigenvalue weighted by molar-refractivity contribution is 6.31. The first-order valence-corrected chi connectivity index (χ1v) is 3.84. The minimum atomic E-state index is -1.44. The second kappa shape index (κ2) is 3.55. The molecule has 0 heterocycles. The zero-order valence-electron chi connectivity index (χ0n) is 6.61. The van der Waals surface area contributed by atoms with E-state index in [1.807, 2.05) is 0 Å². The first-order valence-electron chi connectivity index (χ1n) is 3.46. The largest absolute Gasteiger partial charge is 0.389 e. The molecule has 13 heavy (non-hydrogen) atoms. The maximum absolute atomic E-state index is 13.0. The average molecular weight is 211 g/mol. The van der Waals surface area contributed by atoms with Gasteiger partial charge >= 0.3 is 0 Å². The topological polar surface area (TPSA) is 20.2 Å². The van der Waals surface area contributed by atoms with Crippen LogP contribution in [-0.4, -0.2) is 5.11 Å². The summed E-state index contributed by atoms with van der Waals surface area (Å²) in [7, 11) is 0. The van der Waals surface area contributed by atoms with Crippen molar-refractivity contribution in [2.45, 2.75) is 13.0 Å². The summed E-state index contributed by atoms with van der Waals surface area (Å²) < 4.78 is 38.2. The van der Waals surface area contributed by atoms with Gasteiger partial charge in [-0.05, 0) is 13.0 Å². The van der Waals surface area contributed by atoms with Crippen LogP contribution in [0, 0.1) is 17.5 Å². The predicted molar refractivity (Wildman–Crippen MR) is 42.0 cm³/mol. The first-order chi connectivity index (χ1) is 5.95. The summed E-state index contributed by atoms with van der Waals surface area (Å²) in [5.74, 6) is -3.85. The van der Waals surface area contributed by atoms with Gasteiger partial charge in [0.15, 0.2) is 17.5 Å². The molecule has 0 saturated heterocycles. The van der Waals surface area contributed by atoms with Crippen molar-refractivity contribution in [2.75, 3.05) is 0 Å². The third kappa shape index (κ3) is 1.78. The Bertz CT molecular complexity index is 339. The Morgan fingerprint density at radius 1 is 1.31 bits per heavy atom. The minimum absolute atomic E-state index is 0.357. The maximum Gasteiger partial charge on any atom is 0.180 e. The molecule has 0 fully saturated rings. The van der Waals surface area contributed by atoms with Crippen molar-refractivity contribution in [1.29, 1.82) is 0 Å². The summed E-state index contributed by atoms with van der Waals surface area (Å²) in [6, 6.07) is 0.585. The predicted octanol–water partition coefficient (Wildman–Crippen LogP) is 2.81.